The third-order valence-corrected chi connectivity index (χ3v) is 8.11. The van der Waals surface area contributed by atoms with Gasteiger partial charge < -0.3 is 5.32 Å². The van der Waals surface area contributed by atoms with E-state index in [1.807, 2.05) is 66.7 Å². The van der Waals surface area contributed by atoms with E-state index in [0.717, 1.165) is 41.0 Å². The number of carbonyl (C=O) groups excluding carboxylic acids is 2. The largest absolute Gasteiger partial charge is 0.349 e. The second-order valence-corrected chi connectivity index (χ2v) is 10.7. The Bertz CT molecular complexity index is 1530. The number of rotatable bonds is 8. The van der Waals surface area contributed by atoms with Crippen molar-refractivity contribution in [3.8, 4) is 0 Å². The van der Waals surface area contributed by atoms with Crippen LogP contribution in [0.2, 0.25) is 0 Å². The van der Waals surface area contributed by atoms with Crippen LogP contribution in [0.4, 0.5) is 0 Å². The lowest BCUT2D eigenvalue weighted by molar-refractivity contribution is -0.122. The van der Waals surface area contributed by atoms with E-state index >= 15 is 0 Å². The summed E-state index contributed by atoms with van der Waals surface area (Å²) in [4.78, 5) is 24.3. The van der Waals surface area contributed by atoms with Crippen LogP contribution in [0.15, 0.2) is 95.9 Å². The lowest BCUT2D eigenvalue weighted by atomic mass is 10.0. The first kappa shape index (κ1) is 23.9. The smallest absolute Gasteiger partial charge is 0.241 e. The van der Waals surface area contributed by atoms with Crippen LogP contribution in [0.1, 0.15) is 52.0 Å². The van der Waals surface area contributed by atoms with Gasteiger partial charge in [0.2, 0.25) is 15.9 Å². The first-order valence-electron chi connectivity index (χ1n) is 11.9. The number of aldehydes is 1. The number of aryl methyl sites for hydroxylation is 1. The average Bonchev–Trinajstić information content (AvgIpc) is 3.30. The van der Waals surface area contributed by atoms with Gasteiger partial charge in [-0.05, 0) is 58.5 Å². The van der Waals surface area contributed by atoms with Crippen molar-refractivity contribution in [3.63, 3.8) is 0 Å². The molecule has 6 nitrogen and oxygen atoms in total. The number of carbonyl (C=O) groups is 2. The van der Waals surface area contributed by atoms with Crippen molar-refractivity contribution in [2.24, 2.45) is 0 Å². The summed E-state index contributed by atoms with van der Waals surface area (Å²) in [5, 5.41) is 4.84. The summed E-state index contributed by atoms with van der Waals surface area (Å²) in [5.41, 5.74) is 3.39. The highest BCUT2D eigenvalue weighted by atomic mass is 32.2. The highest BCUT2D eigenvalue weighted by molar-refractivity contribution is 7.89. The van der Waals surface area contributed by atoms with Gasteiger partial charge in [0.05, 0.1) is 17.0 Å². The zero-order valence-electron chi connectivity index (χ0n) is 19.6. The molecule has 0 fully saturated rings. The number of hydrogen-bond donors (Lipinski definition) is 2. The fourth-order valence-corrected chi connectivity index (χ4v) is 6.06. The minimum atomic E-state index is -3.89. The van der Waals surface area contributed by atoms with Gasteiger partial charge in [0, 0.05) is 12.0 Å². The van der Waals surface area contributed by atoms with Crippen LogP contribution in [-0.4, -0.2) is 20.6 Å². The maximum absolute atomic E-state index is 13.3. The Morgan fingerprint density at radius 2 is 1.67 bits per heavy atom. The predicted molar refractivity (Wildman–Crippen MR) is 139 cm³/mol. The lowest BCUT2D eigenvalue weighted by Crippen LogP contribution is -2.35. The van der Waals surface area contributed by atoms with Crippen LogP contribution in [-0.2, 0) is 21.2 Å². The second kappa shape index (κ2) is 10.0. The van der Waals surface area contributed by atoms with E-state index in [-0.39, 0.29) is 23.3 Å². The molecule has 182 valence electrons. The fraction of sp³-hybridized carbons (Fsp3) is 0.172. The molecule has 0 spiro atoms. The molecule has 0 heterocycles. The first-order chi connectivity index (χ1) is 17.4. The minimum absolute atomic E-state index is 0.0465. The monoisotopic (exact) mass is 498 g/mol. The minimum Gasteiger partial charge on any atom is -0.349 e. The first-order valence-corrected chi connectivity index (χ1v) is 13.3. The third-order valence-electron chi connectivity index (χ3n) is 6.64. The van der Waals surface area contributed by atoms with Gasteiger partial charge in [-0.1, -0.05) is 72.8 Å². The normalized spacial score (nSPS) is 15.8. The van der Waals surface area contributed by atoms with E-state index in [2.05, 4.69) is 10.0 Å². The number of sulfonamides is 1. The number of nitrogens with one attached hydrogen (secondary N) is 2. The van der Waals surface area contributed by atoms with Crippen LogP contribution < -0.4 is 10.0 Å². The van der Waals surface area contributed by atoms with Crippen molar-refractivity contribution in [3.05, 3.63) is 113 Å². The van der Waals surface area contributed by atoms with Gasteiger partial charge in [0.15, 0.2) is 0 Å². The summed E-state index contributed by atoms with van der Waals surface area (Å²) >= 11 is 0. The standard InChI is InChI=1S/C29H26N2O4S/c32-19-20-10-14-26-24(16-20)12-15-27(26)30-29(33)18-28(22-7-2-1-3-8-22)31-36(34,35)25-13-11-21-6-4-5-9-23(21)17-25/h1-11,13-14,16-17,19,27-28,31H,12,15,18H2,(H,30,33)/t27-,28-/m1/s1. The van der Waals surface area contributed by atoms with E-state index < -0.39 is 16.1 Å². The number of benzene rings is 4. The van der Waals surface area contributed by atoms with Crippen LogP contribution in [0, 0.1) is 0 Å². The summed E-state index contributed by atoms with van der Waals surface area (Å²) in [5.74, 6) is -0.248. The molecule has 4 aromatic rings. The maximum Gasteiger partial charge on any atom is 0.241 e. The second-order valence-electron chi connectivity index (χ2n) is 9.03. The van der Waals surface area contributed by atoms with Crippen molar-refractivity contribution >= 4 is 33.0 Å². The van der Waals surface area contributed by atoms with Crippen LogP contribution in [0.3, 0.4) is 0 Å². The Labute approximate surface area is 210 Å². The summed E-state index contributed by atoms with van der Waals surface area (Å²) < 4.78 is 29.4. The van der Waals surface area contributed by atoms with Crippen molar-refractivity contribution in [2.75, 3.05) is 0 Å². The average molecular weight is 499 g/mol. The molecule has 0 bridgehead atoms. The molecule has 5 rings (SSSR count). The molecule has 2 N–H and O–H groups in total. The Balaban J connectivity index is 1.36. The topological polar surface area (TPSA) is 92.3 Å². The summed E-state index contributed by atoms with van der Waals surface area (Å²) in [6.45, 7) is 0. The van der Waals surface area contributed by atoms with Crippen molar-refractivity contribution < 1.29 is 18.0 Å². The van der Waals surface area contributed by atoms with Gasteiger partial charge in [0.1, 0.15) is 6.29 Å². The van der Waals surface area contributed by atoms with Gasteiger partial charge in [-0.3, -0.25) is 9.59 Å². The molecule has 0 aliphatic heterocycles. The zero-order valence-corrected chi connectivity index (χ0v) is 20.4. The molecular weight excluding hydrogens is 472 g/mol. The summed E-state index contributed by atoms with van der Waals surface area (Å²) in [6.07, 6.45) is 2.29. The molecule has 1 aliphatic carbocycles. The Hall–Kier alpha value is -3.81. The molecule has 7 heteroatoms. The Morgan fingerprint density at radius 1 is 0.917 bits per heavy atom. The molecule has 36 heavy (non-hydrogen) atoms. The predicted octanol–water partition coefficient (Wildman–Crippen LogP) is 4.87. The number of fused-ring (bicyclic) bond motifs is 2. The summed E-state index contributed by atoms with van der Waals surface area (Å²) in [6, 6.07) is 26.3. The van der Waals surface area contributed by atoms with Crippen LogP contribution in [0.25, 0.3) is 10.8 Å². The van der Waals surface area contributed by atoms with Gasteiger partial charge in [0.25, 0.3) is 0 Å². The van der Waals surface area contributed by atoms with Crippen LogP contribution >= 0.6 is 0 Å². The van der Waals surface area contributed by atoms with Gasteiger partial charge in [-0.25, -0.2) is 13.1 Å². The molecule has 0 saturated heterocycles. The highest BCUT2D eigenvalue weighted by Gasteiger charge is 2.28. The van der Waals surface area contributed by atoms with E-state index in [1.54, 1.807) is 24.3 Å². The third kappa shape index (κ3) is 5.08. The van der Waals surface area contributed by atoms with Crippen molar-refractivity contribution in [2.45, 2.75) is 36.2 Å². The molecule has 0 aromatic heterocycles. The highest BCUT2D eigenvalue weighted by Crippen LogP contribution is 2.32. The molecule has 0 unspecified atom stereocenters. The summed E-state index contributed by atoms with van der Waals surface area (Å²) in [7, 11) is -3.89. The van der Waals surface area contributed by atoms with E-state index in [4.69, 9.17) is 0 Å². The molecule has 1 amide bonds. The molecule has 4 aromatic carbocycles. The quantitative estimate of drug-likeness (QED) is 0.339. The maximum atomic E-state index is 13.3. The molecule has 1 aliphatic rings. The van der Waals surface area contributed by atoms with Crippen LogP contribution in [0.5, 0.6) is 0 Å². The molecular formula is C29H26N2O4S. The molecule has 2 atom stereocenters. The number of hydrogen-bond acceptors (Lipinski definition) is 4. The Morgan fingerprint density at radius 3 is 2.44 bits per heavy atom. The van der Waals surface area contributed by atoms with E-state index in [1.165, 1.54) is 0 Å². The van der Waals surface area contributed by atoms with Crippen molar-refractivity contribution in [1.82, 2.24) is 10.0 Å². The zero-order chi connectivity index (χ0) is 25.1. The van der Waals surface area contributed by atoms with E-state index in [9.17, 15) is 18.0 Å². The SMILES string of the molecule is O=Cc1ccc2c(c1)CC[C@H]2NC(=O)C[C@@H](NS(=O)(=O)c1ccc2ccccc2c1)c1ccccc1. The van der Waals surface area contributed by atoms with E-state index in [0.29, 0.717) is 11.1 Å². The van der Waals surface area contributed by atoms with Gasteiger partial charge >= 0.3 is 0 Å². The fourth-order valence-electron chi connectivity index (χ4n) is 4.80. The lowest BCUT2D eigenvalue weighted by Gasteiger charge is -2.21. The Kier molecular flexibility index (Phi) is 6.67. The van der Waals surface area contributed by atoms with Gasteiger partial charge in [-0.2, -0.15) is 0 Å². The molecule has 0 radical (unpaired) electrons. The van der Waals surface area contributed by atoms with Crippen molar-refractivity contribution in [1.29, 1.82) is 0 Å². The molecule has 0 saturated carbocycles. The number of amides is 1. The van der Waals surface area contributed by atoms with Gasteiger partial charge in [-0.15, -0.1) is 0 Å².